The Hall–Kier alpha value is -2.17. The fourth-order valence-corrected chi connectivity index (χ4v) is 4.51. The number of aryl methyl sites for hydroxylation is 1. The van der Waals surface area contributed by atoms with E-state index in [0.29, 0.717) is 12.8 Å². The normalized spacial score (nSPS) is 14.6. The number of hydrogen-bond donors (Lipinski definition) is 0. The summed E-state index contributed by atoms with van der Waals surface area (Å²) in [5.41, 5.74) is 5.67. The lowest BCUT2D eigenvalue weighted by atomic mass is 9.94. The minimum Gasteiger partial charge on any atom is -0.312 e. The van der Waals surface area contributed by atoms with Crippen molar-refractivity contribution >= 4 is 29.8 Å². The van der Waals surface area contributed by atoms with E-state index < -0.39 is 0 Å². The highest BCUT2D eigenvalue weighted by Crippen LogP contribution is 2.37. The Morgan fingerprint density at radius 2 is 1.73 bits per heavy atom. The van der Waals surface area contributed by atoms with Gasteiger partial charge in [0.25, 0.3) is 0 Å². The Kier molecular flexibility index (Phi) is 7.68. The maximum atomic E-state index is 12.7. The first kappa shape index (κ1) is 22.5. The molecule has 2 aromatic carbocycles. The van der Waals surface area contributed by atoms with Crippen molar-refractivity contribution < 1.29 is 9.59 Å². The zero-order valence-corrected chi connectivity index (χ0v) is 18.5. The van der Waals surface area contributed by atoms with Crippen molar-refractivity contribution in [3.63, 3.8) is 0 Å². The number of carbonyl (C=O) groups excluding carboxylic acids is 2. The molecule has 0 saturated heterocycles. The summed E-state index contributed by atoms with van der Waals surface area (Å²) in [4.78, 5) is 29.0. The second-order valence-corrected chi connectivity index (χ2v) is 8.36. The van der Waals surface area contributed by atoms with Gasteiger partial charge in [0.1, 0.15) is 0 Å². The predicted octanol–water partition coefficient (Wildman–Crippen LogP) is 4.47. The molecule has 0 N–H and O–H groups in total. The van der Waals surface area contributed by atoms with Crippen molar-refractivity contribution in [2.75, 3.05) is 31.6 Å². The number of benzene rings is 2. The Bertz CT molecular complexity index is 898. The lowest BCUT2D eigenvalue weighted by Crippen LogP contribution is -2.32. The minimum atomic E-state index is 0. The van der Waals surface area contributed by atoms with E-state index in [0.717, 1.165) is 63.0 Å². The van der Waals surface area contributed by atoms with Crippen molar-refractivity contribution in [2.45, 2.75) is 44.9 Å². The Balaban J connectivity index is 0.00000256. The number of anilines is 1. The maximum absolute atomic E-state index is 12.7. The van der Waals surface area contributed by atoms with Gasteiger partial charge in [-0.3, -0.25) is 9.59 Å². The van der Waals surface area contributed by atoms with E-state index in [4.69, 9.17) is 0 Å². The first-order chi connectivity index (χ1) is 14.1. The zero-order chi connectivity index (χ0) is 20.2. The molecule has 2 aromatic rings. The van der Waals surface area contributed by atoms with Gasteiger partial charge < -0.3 is 9.80 Å². The van der Waals surface area contributed by atoms with Crippen LogP contribution < -0.4 is 4.90 Å². The molecule has 0 atom stereocenters. The maximum Gasteiger partial charge on any atom is 0.227 e. The number of unbranched alkanes of at least 4 members (excludes halogenated alkanes) is 1. The molecule has 5 heteroatoms. The number of ketones is 1. The molecule has 0 fully saturated rings. The van der Waals surface area contributed by atoms with Crippen LogP contribution in [0.1, 0.15) is 52.7 Å². The minimum absolute atomic E-state index is 0. The third-order valence-electron chi connectivity index (χ3n) is 6.19. The number of carbonyl (C=O) groups is 2. The summed E-state index contributed by atoms with van der Waals surface area (Å²) < 4.78 is 0. The molecule has 0 spiro atoms. The van der Waals surface area contributed by atoms with E-state index in [1.165, 1.54) is 16.7 Å². The Morgan fingerprint density at radius 1 is 1.00 bits per heavy atom. The van der Waals surface area contributed by atoms with E-state index in [9.17, 15) is 9.59 Å². The number of hydrogen-bond acceptors (Lipinski definition) is 3. The van der Waals surface area contributed by atoms with Gasteiger partial charge in [0, 0.05) is 31.5 Å². The van der Waals surface area contributed by atoms with Crippen LogP contribution in [0, 0.1) is 0 Å². The summed E-state index contributed by atoms with van der Waals surface area (Å²) in [7, 11) is 2.16. The summed E-state index contributed by atoms with van der Waals surface area (Å²) >= 11 is 0. The first-order valence-electron chi connectivity index (χ1n) is 10.8. The van der Waals surface area contributed by atoms with Crippen LogP contribution in [0.5, 0.6) is 0 Å². The molecule has 0 aromatic heterocycles. The molecule has 30 heavy (non-hydrogen) atoms. The van der Waals surface area contributed by atoms with Gasteiger partial charge in [0.05, 0.1) is 5.69 Å². The molecule has 0 bridgehead atoms. The molecule has 0 saturated carbocycles. The standard InChI is InChI=1S/C25H30N2O2.ClH/c1-26(15-12-19-7-3-2-4-8-19)14-6-5-9-23(28)22-17-20-10-11-24(29)27-16-13-21(18-22)25(20)27;/h2-4,7-8,17-18H,5-6,9-16H2,1H3;1H. The first-order valence-corrected chi connectivity index (χ1v) is 10.8. The molecular weight excluding hydrogens is 396 g/mol. The predicted molar refractivity (Wildman–Crippen MR) is 124 cm³/mol. The largest absolute Gasteiger partial charge is 0.312 e. The molecule has 160 valence electrons. The van der Waals surface area contributed by atoms with Crippen LogP contribution in [0.3, 0.4) is 0 Å². The molecule has 4 nitrogen and oxygen atoms in total. The molecule has 0 aliphatic carbocycles. The number of halogens is 1. The molecule has 0 unspecified atom stereocenters. The van der Waals surface area contributed by atoms with Crippen molar-refractivity contribution in [1.29, 1.82) is 0 Å². The second kappa shape index (κ2) is 10.2. The number of nitrogens with zero attached hydrogens (tertiary/aromatic N) is 2. The highest BCUT2D eigenvalue weighted by Gasteiger charge is 2.31. The zero-order valence-electron chi connectivity index (χ0n) is 17.7. The fraction of sp³-hybridized carbons (Fsp3) is 0.440. The van der Waals surface area contributed by atoms with Gasteiger partial charge in [0.15, 0.2) is 5.78 Å². The summed E-state index contributed by atoms with van der Waals surface area (Å²) in [5.74, 6) is 0.470. The lowest BCUT2D eigenvalue weighted by molar-refractivity contribution is -0.118. The van der Waals surface area contributed by atoms with Crippen LogP contribution in [0.15, 0.2) is 42.5 Å². The van der Waals surface area contributed by atoms with Gasteiger partial charge in [-0.1, -0.05) is 30.3 Å². The third kappa shape index (κ3) is 5.11. The highest BCUT2D eigenvalue weighted by atomic mass is 35.5. The van der Waals surface area contributed by atoms with Crippen LogP contribution in [-0.4, -0.2) is 43.3 Å². The van der Waals surface area contributed by atoms with E-state index in [2.05, 4.69) is 42.3 Å². The summed E-state index contributed by atoms with van der Waals surface area (Å²) in [6.45, 7) is 2.84. The highest BCUT2D eigenvalue weighted by molar-refractivity contribution is 6.02. The molecule has 4 rings (SSSR count). The van der Waals surface area contributed by atoms with Crippen molar-refractivity contribution in [1.82, 2.24) is 4.90 Å². The molecule has 0 radical (unpaired) electrons. The molecule has 2 aliphatic rings. The van der Waals surface area contributed by atoms with Gasteiger partial charge in [-0.15, -0.1) is 12.4 Å². The van der Waals surface area contributed by atoms with Gasteiger partial charge >= 0.3 is 0 Å². The molecule has 2 heterocycles. The second-order valence-electron chi connectivity index (χ2n) is 8.36. The van der Waals surface area contributed by atoms with Crippen molar-refractivity contribution in [3.8, 4) is 0 Å². The lowest BCUT2D eigenvalue weighted by Gasteiger charge is -2.25. The van der Waals surface area contributed by atoms with E-state index >= 15 is 0 Å². The van der Waals surface area contributed by atoms with Crippen molar-refractivity contribution in [3.05, 3.63) is 64.7 Å². The Labute approximate surface area is 185 Å². The summed E-state index contributed by atoms with van der Waals surface area (Å²) in [5, 5.41) is 0. The van der Waals surface area contributed by atoms with E-state index in [1.54, 1.807) is 0 Å². The number of Topliss-reactive ketones (excluding diaryl/α,β-unsaturated/α-hetero) is 1. The topological polar surface area (TPSA) is 40.6 Å². The Morgan fingerprint density at radius 3 is 2.50 bits per heavy atom. The summed E-state index contributed by atoms with van der Waals surface area (Å²) in [6, 6.07) is 14.6. The van der Waals surface area contributed by atoms with Crippen LogP contribution in [-0.2, 0) is 24.1 Å². The smallest absolute Gasteiger partial charge is 0.227 e. The molecule has 1 amide bonds. The monoisotopic (exact) mass is 426 g/mol. The van der Waals surface area contributed by atoms with Crippen LogP contribution in [0.25, 0.3) is 0 Å². The average Bonchev–Trinajstić information content (AvgIpc) is 3.18. The number of rotatable bonds is 9. The quantitative estimate of drug-likeness (QED) is 0.438. The molecular formula is C25H31ClN2O2. The van der Waals surface area contributed by atoms with Gasteiger partial charge in [-0.05, 0) is 74.5 Å². The van der Waals surface area contributed by atoms with Gasteiger partial charge in [0.2, 0.25) is 5.91 Å². The van der Waals surface area contributed by atoms with Crippen LogP contribution >= 0.6 is 12.4 Å². The third-order valence-corrected chi connectivity index (χ3v) is 6.19. The summed E-state index contributed by atoms with van der Waals surface area (Å²) in [6.07, 6.45) is 5.84. The van der Waals surface area contributed by atoms with Gasteiger partial charge in [-0.2, -0.15) is 0 Å². The number of likely N-dealkylation sites (N-methyl/N-ethyl adjacent to an activating group) is 1. The van der Waals surface area contributed by atoms with E-state index in [-0.39, 0.29) is 24.1 Å². The van der Waals surface area contributed by atoms with Gasteiger partial charge in [-0.25, -0.2) is 0 Å². The fourth-order valence-electron chi connectivity index (χ4n) is 4.51. The van der Waals surface area contributed by atoms with Crippen molar-refractivity contribution in [2.24, 2.45) is 0 Å². The average molecular weight is 427 g/mol. The molecule has 2 aliphatic heterocycles. The van der Waals surface area contributed by atoms with Crippen LogP contribution in [0.2, 0.25) is 0 Å². The number of amides is 1. The van der Waals surface area contributed by atoms with E-state index in [1.807, 2.05) is 17.0 Å². The SMILES string of the molecule is CN(CCCCC(=O)c1cc2c3c(c1)CCN3C(=O)CC2)CCc1ccccc1.Cl. The van der Waals surface area contributed by atoms with Crippen LogP contribution in [0.4, 0.5) is 5.69 Å².